The summed E-state index contributed by atoms with van der Waals surface area (Å²) < 4.78 is 5.06. The van der Waals surface area contributed by atoms with Gasteiger partial charge < -0.3 is 20.0 Å². The van der Waals surface area contributed by atoms with Gasteiger partial charge in [-0.15, -0.1) is 0 Å². The van der Waals surface area contributed by atoms with Crippen LogP contribution in [0.3, 0.4) is 0 Å². The first-order chi connectivity index (χ1) is 15.5. The van der Waals surface area contributed by atoms with Gasteiger partial charge in [0, 0.05) is 31.5 Å². The molecule has 9 nitrogen and oxygen atoms in total. The van der Waals surface area contributed by atoms with E-state index in [-0.39, 0.29) is 29.2 Å². The van der Waals surface area contributed by atoms with Crippen molar-refractivity contribution in [3.63, 3.8) is 0 Å². The number of furan rings is 1. The number of likely N-dealkylation sites (tertiary alicyclic amines) is 1. The Kier molecular flexibility index (Phi) is 6.46. The van der Waals surface area contributed by atoms with Gasteiger partial charge in [0.2, 0.25) is 0 Å². The predicted octanol–water partition coefficient (Wildman–Crippen LogP) is 3.01. The number of piperidine rings is 1. The Labute approximate surface area is 188 Å². The predicted molar refractivity (Wildman–Crippen MR) is 117 cm³/mol. The SMILES string of the molecule is O=C(Nc1nccnc1C(=O)NC1CCN(C(=O)c2ccccc2Cl)CC1)c1ccco1. The summed E-state index contributed by atoms with van der Waals surface area (Å²) >= 11 is 6.13. The van der Waals surface area contributed by atoms with Crippen LogP contribution in [-0.4, -0.2) is 51.7 Å². The minimum absolute atomic E-state index is 0.00183. The molecule has 0 spiro atoms. The molecular formula is C22H20ClN5O4. The van der Waals surface area contributed by atoms with Gasteiger partial charge in [-0.3, -0.25) is 14.4 Å². The number of rotatable bonds is 5. The number of nitrogens with one attached hydrogen (secondary N) is 2. The second-order valence-electron chi connectivity index (χ2n) is 7.20. The van der Waals surface area contributed by atoms with E-state index >= 15 is 0 Å². The van der Waals surface area contributed by atoms with Crippen molar-refractivity contribution < 1.29 is 18.8 Å². The highest BCUT2D eigenvalue weighted by Crippen LogP contribution is 2.20. The molecule has 0 unspecified atom stereocenters. The van der Waals surface area contributed by atoms with E-state index in [9.17, 15) is 14.4 Å². The van der Waals surface area contributed by atoms with Gasteiger partial charge in [-0.2, -0.15) is 0 Å². The Morgan fingerprint density at radius 1 is 1.00 bits per heavy atom. The van der Waals surface area contributed by atoms with Crippen molar-refractivity contribution in [1.82, 2.24) is 20.2 Å². The van der Waals surface area contributed by atoms with E-state index in [1.807, 2.05) is 0 Å². The summed E-state index contributed by atoms with van der Waals surface area (Å²) in [5.41, 5.74) is 0.468. The molecule has 2 N–H and O–H groups in total. The standard InChI is InChI=1S/C22H20ClN5O4/c23-16-5-2-1-4-15(16)22(31)28-11-7-14(8-12-28)26-21(30)18-19(25-10-9-24-18)27-20(29)17-6-3-13-32-17/h1-6,9-10,13-14H,7-8,11-12H2,(H,26,30)(H,25,27,29). The van der Waals surface area contributed by atoms with Crippen molar-refractivity contribution in [2.24, 2.45) is 0 Å². The van der Waals surface area contributed by atoms with Crippen molar-refractivity contribution in [2.75, 3.05) is 18.4 Å². The largest absolute Gasteiger partial charge is 0.459 e. The van der Waals surface area contributed by atoms with Crippen LogP contribution >= 0.6 is 11.6 Å². The zero-order chi connectivity index (χ0) is 22.5. The molecule has 1 aromatic carbocycles. The zero-order valence-electron chi connectivity index (χ0n) is 17.0. The van der Waals surface area contributed by atoms with E-state index < -0.39 is 11.8 Å². The molecule has 3 heterocycles. The summed E-state index contributed by atoms with van der Waals surface area (Å²) in [6, 6.07) is 9.88. The van der Waals surface area contributed by atoms with Crippen LogP contribution in [0.25, 0.3) is 0 Å². The van der Waals surface area contributed by atoms with Crippen LogP contribution in [0.4, 0.5) is 5.82 Å². The molecule has 1 saturated heterocycles. The molecule has 164 valence electrons. The highest BCUT2D eigenvalue weighted by molar-refractivity contribution is 6.33. The Hall–Kier alpha value is -3.72. The molecule has 1 aliphatic heterocycles. The Bertz CT molecular complexity index is 1130. The molecule has 2 aromatic heterocycles. The molecule has 1 aliphatic rings. The maximum Gasteiger partial charge on any atom is 0.292 e. The Morgan fingerprint density at radius 2 is 1.75 bits per heavy atom. The average molecular weight is 454 g/mol. The number of benzene rings is 1. The van der Waals surface area contributed by atoms with Crippen molar-refractivity contribution in [2.45, 2.75) is 18.9 Å². The maximum absolute atomic E-state index is 12.8. The van der Waals surface area contributed by atoms with Crippen molar-refractivity contribution >= 4 is 35.1 Å². The topological polar surface area (TPSA) is 117 Å². The summed E-state index contributed by atoms with van der Waals surface area (Å²) in [6.07, 6.45) is 5.30. The van der Waals surface area contributed by atoms with Crippen LogP contribution < -0.4 is 10.6 Å². The number of nitrogens with zero attached hydrogens (tertiary/aromatic N) is 3. The van der Waals surface area contributed by atoms with Gasteiger partial charge in [0.05, 0.1) is 16.8 Å². The number of hydrogen-bond donors (Lipinski definition) is 2. The summed E-state index contributed by atoms with van der Waals surface area (Å²) in [7, 11) is 0. The van der Waals surface area contributed by atoms with Gasteiger partial charge in [-0.25, -0.2) is 9.97 Å². The fourth-order valence-electron chi connectivity index (χ4n) is 3.46. The summed E-state index contributed by atoms with van der Waals surface area (Å²) in [5.74, 6) is -0.979. The molecule has 3 amide bonds. The smallest absolute Gasteiger partial charge is 0.292 e. The fourth-order valence-corrected chi connectivity index (χ4v) is 3.67. The van der Waals surface area contributed by atoms with E-state index in [4.69, 9.17) is 16.0 Å². The minimum Gasteiger partial charge on any atom is -0.459 e. The Morgan fingerprint density at radius 3 is 2.47 bits per heavy atom. The lowest BCUT2D eigenvalue weighted by atomic mass is 10.0. The van der Waals surface area contributed by atoms with Crippen LogP contribution in [0.2, 0.25) is 5.02 Å². The molecule has 0 aliphatic carbocycles. The van der Waals surface area contributed by atoms with E-state index in [0.29, 0.717) is 36.5 Å². The van der Waals surface area contributed by atoms with E-state index in [1.54, 1.807) is 35.2 Å². The lowest BCUT2D eigenvalue weighted by Crippen LogP contribution is -2.46. The zero-order valence-corrected chi connectivity index (χ0v) is 17.7. The van der Waals surface area contributed by atoms with Gasteiger partial charge in [0.25, 0.3) is 17.7 Å². The number of anilines is 1. The summed E-state index contributed by atoms with van der Waals surface area (Å²) in [4.78, 5) is 47.6. The van der Waals surface area contributed by atoms with Gasteiger partial charge >= 0.3 is 0 Å². The monoisotopic (exact) mass is 453 g/mol. The van der Waals surface area contributed by atoms with Crippen LogP contribution in [0.1, 0.15) is 44.2 Å². The van der Waals surface area contributed by atoms with Gasteiger partial charge in [-0.1, -0.05) is 23.7 Å². The molecule has 0 atom stereocenters. The molecule has 0 radical (unpaired) electrons. The second kappa shape index (κ2) is 9.61. The number of carbonyl (C=O) groups excluding carboxylic acids is 3. The molecule has 3 aromatic rings. The highest BCUT2D eigenvalue weighted by atomic mass is 35.5. The third-order valence-electron chi connectivity index (χ3n) is 5.11. The van der Waals surface area contributed by atoms with Gasteiger partial charge in [0.1, 0.15) is 0 Å². The number of amides is 3. The lowest BCUT2D eigenvalue weighted by molar-refractivity contribution is 0.0698. The summed E-state index contributed by atoms with van der Waals surface area (Å²) in [6.45, 7) is 0.967. The third kappa shape index (κ3) is 4.78. The number of halogens is 1. The molecule has 32 heavy (non-hydrogen) atoms. The van der Waals surface area contributed by atoms with E-state index in [2.05, 4.69) is 20.6 Å². The van der Waals surface area contributed by atoms with Crippen LogP contribution in [0.5, 0.6) is 0 Å². The molecule has 0 bridgehead atoms. The van der Waals surface area contributed by atoms with Crippen LogP contribution in [0, 0.1) is 0 Å². The quantitative estimate of drug-likeness (QED) is 0.613. The van der Waals surface area contributed by atoms with E-state index in [0.717, 1.165) is 0 Å². The fraction of sp³-hybridized carbons (Fsp3) is 0.227. The Balaban J connectivity index is 1.36. The first-order valence-electron chi connectivity index (χ1n) is 10.0. The first-order valence-corrected chi connectivity index (χ1v) is 10.4. The van der Waals surface area contributed by atoms with Crippen molar-refractivity contribution in [1.29, 1.82) is 0 Å². The summed E-state index contributed by atoms with van der Waals surface area (Å²) in [5, 5.41) is 5.87. The van der Waals surface area contributed by atoms with Crippen LogP contribution in [0.15, 0.2) is 59.5 Å². The first kappa shape index (κ1) is 21.5. The van der Waals surface area contributed by atoms with Crippen molar-refractivity contribution in [3.05, 3.63) is 77.1 Å². The molecule has 0 saturated carbocycles. The third-order valence-corrected chi connectivity index (χ3v) is 5.44. The van der Waals surface area contributed by atoms with Gasteiger partial charge in [-0.05, 0) is 37.1 Å². The minimum atomic E-state index is -0.532. The highest BCUT2D eigenvalue weighted by Gasteiger charge is 2.27. The van der Waals surface area contributed by atoms with Crippen LogP contribution in [-0.2, 0) is 0 Å². The molecule has 4 rings (SSSR count). The number of aromatic nitrogens is 2. The second-order valence-corrected chi connectivity index (χ2v) is 7.61. The van der Waals surface area contributed by atoms with Gasteiger partial charge in [0.15, 0.2) is 17.3 Å². The number of carbonyl (C=O) groups is 3. The van der Waals surface area contributed by atoms with E-state index in [1.165, 1.54) is 24.7 Å². The lowest BCUT2D eigenvalue weighted by Gasteiger charge is -2.32. The molecule has 10 heteroatoms. The molecular weight excluding hydrogens is 434 g/mol. The molecule has 1 fully saturated rings. The average Bonchev–Trinajstić information content (AvgIpc) is 3.35. The van der Waals surface area contributed by atoms with Crippen molar-refractivity contribution in [3.8, 4) is 0 Å². The maximum atomic E-state index is 12.8. The number of hydrogen-bond acceptors (Lipinski definition) is 6. The normalized spacial score (nSPS) is 14.1.